The number of thiazole rings is 1. The summed E-state index contributed by atoms with van der Waals surface area (Å²) in [6.45, 7) is 5.27. The Morgan fingerprint density at radius 1 is 1.18 bits per heavy atom. The highest BCUT2D eigenvalue weighted by Gasteiger charge is 2.33. The van der Waals surface area contributed by atoms with Gasteiger partial charge in [0, 0.05) is 12.1 Å². The smallest absolute Gasteiger partial charge is 0.338 e. The molecule has 0 bridgehead atoms. The van der Waals surface area contributed by atoms with E-state index in [2.05, 4.69) is 4.99 Å². The number of fused-ring (bicyclic) bond motifs is 1. The lowest BCUT2D eigenvalue weighted by molar-refractivity contribution is -0.384. The predicted octanol–water partition coefficient (Wildman–Crippen LogP) is 3.10. The fourth-order valence-corrected chi connectivity index (χ4v) is 4.70. The van der Waals surface area contributed by atoms with Gasteiger partial charge in [-0.25, -0.2) is 9.79 Å². The van der Waals surface area contributed by atoms with Gasteiger partial charge < -0.3 is 4.74 Å². The summed E-state index contributed by atoms with van der Waals surface area (Å²) in [4.78, 5) is 41.9. The van der Waals surface area contributed by atoms with Crippen molar-refractivity contribution < 1.29 is 14.5 Å². The maximum absolute atomic E-state index is 13.5. The molecule has 3 aromatic rings. The Bertz CT molecular complexity index is 1430. The standard InChI is InChI=1S/C24H21N3O5S/c1-14(2)32-23(29)20-15(3)25-24-26(21(20)17-7-5-4-6-8-17)22(28)19(33-24)13-16-9-11-18(12-10-16)27(30)31/h4-14,21H,1-3H3. The van der Waals surface area contributed by atoms with E-state index >= 15 is 0 Å². The molecule has 1 aliphatic rings. The van der Waals surface area contributed by atoms with E-state index in [1.54, 1.807) is 39.0 Å². The summed E-state index contributed by atoms with van der Waals surface area (Å²) in [7, 11) is 0. The molecule has 0 spiro atoms. The first-order valence-electron chi connectivity index (χ1n) is 10.3. The second kappa shape index (κ2) is 8.95. The highest BCUT2D eigenvalue weighted by Crippen LogP contribution is 2.30. The van der Waals surface area contributed by atoms with E-state index in [0.717, 1.165) is 5.56 Å². The van der Waals surface area contributed by atoms with Crippen LogP contribution < -0.4 is 14.9 Å². The van der Waals surface area contributed by atoms with E-state index in [4.69, 9.17) is 4.74 Å². The molecule has 2 aromatic carbocycles. The minimum absolute atomic E-state index is 0.0263. The average molecular weight is 464 g/mol. The Kier molecular flexibility index (Phi) is 6.06. The molecule has 0 aliphatic carbocycles. The summed E-state index contributed by atoms with van der Waals surface area (Å²) in [6, 6.07) is 14.6. The van der Waals surface area contributed by atoms with Gasteiger partial charge in [-0.2, -0.15) is 0 Å². The highest BCUT2D eigenvalue weighted by atomic mass is 32.1. The lowest BCUT2D eigenvalue weighted by Gasteiger charge is -2.25. The van der Waals surface area contributed by atoms with Crippen LogP contribution in [0.15, 0.2) is 75.7 Å². The first-order valence-corrected chi connectivity index (χ1v) is 11.1. The molecule has 2 heterocycles. The lowest BCUT2D eigenvalue weighted by Crippen LogP contribution is -2.40. The molecule has 1 aromatic heterocycles. The van der Waals surface area contributed by atoms with Crippen molar-refractivity contribution in [2.24, 2.45) is 4.99 Å². The summed E-state index contributed by atoms with van der Waals surface area (Å²) in [5, 5.41) is 10.9. The topological polar surface area (TPSA) is 104 Å². The fraction of sp³-hybridized carbons (Fsp3) is 0.208. The number of nitrogens with zero attached hydrogens (tertiary/aromatic N) is 3. The largest absolute Gasteiger partial charge is 0.459 e. The minimum Gasteiger partial charge on any atom is -0.459 e. The molecule has 0 fully saturated rings. The number of benzene rings is 2. The Balaban J connectivity index is 1.89. The summed E-state index contributed by atoms with van der Waals surface area (Å²) in [6.07, 6.45) is 1.35. The fourth-order valence-electron chi connectivity index (χ4n) is 3.65. The van der Waals surface area contributed by atoms with Gasteiger partial charge in [0.05, 0.1) is 32.9 Å². The molecule has 1 atom stereocenters. The monoisotopic (exact) mass is 463 g/mol. The molecule has 33 heavy (non-hydrogen) atoms. The van der Waals surface area contributed by atoms with Crippen molar-refractivity contribution in [1.29, 1.82) is 0 Å². The molecular weight excluding hydrogens is 442 g/mol. The van der Waals surface area contributed by atoms with Crippen LogP contribution in [-0.2, 0) is 9.53 Å². The number of carbonyl (C=O) groups excluding carboxylic acids is 1. The van der Waals surface area contributed by atoms with Crippen LogP contribution in [0.25, 0.3) is 6.08 Å². The molecule has 168 valence electrons. The maximum atomic E-state index is 13.5. The second-order valence-corrected chi connectivity index (χ2v) is 8.80. The summed E-state index contributed by atoms with van der Waals surface area (Å²) >= 11 is 1.21. The zero-order valence-corrected chi connectivity index (χ0v) is 19.0. The zero-order chi connectivity index (χ0) is 23.7. The molecule has 1 unspecified atom stereocenters. The van der Waals surface area contributed by atoms with Crippen molar-refractivity contribution in [3.05, 3.63) is 107 Å². The number of aromatic nitrogens is 1. The van der Waals surface area contributed by atoms with Gasteiger partial charge in [-0.3, -0.25) is 19.5 Å². The number of allylic oxidation sites excluding steroid dienone is 1. The number of esters is 1. The SMILES string of the molecule is CC1=C(C(=O)OC(C)C)C(c2ccccc2)n2c(sc(=Cc3ccc([N+](=O)[O-])cc3)c2=O)=N1. The van der Waals surface area contributed by atoms with Crippen LogP contribution in [0.3, 0.4) is 0 Å². The summed E-state index contributed by atoms with van der Waals surface area (Å²) < 4.78 is 7.39. The third-order valence-corrected chi connectivity index (χ3v) is 6.08. The Morgan fingerprint density at radius 3 is 2.45 bits per heavy atom. The Labute approximate surface area is 192 Å². The summed E-state index contributed by atoms with van der Waals surface area (Å²) in [5.41, 5.74) is 1.92. The van der Waals surface area contributed by atoms with Gasteiger partial charge in [-0.15, -0.1) is 0 Å². The third kappa shape index (κ3) is 4.40. The molecule has 4 rings (SSSR count). The first kappa shape index (κ1) is 22.3. The number of hydrogen-bond donors (Lipinski definition) is 0. The lowest BCUT2D eigenvalue weighted by atomic mass is 9.96. The van der Waals surface area contributed by atoms with Gasteiger partial charge in [0.1, 0.15) is 0 Å². The number of non-ortho nitro benzene ring substituents is 1. The molecule has 0 radical (unpaired) electrons. The average Bonchev–Trinajstić information content (AvgIpc) is 3.07. The number of nitro groups is 1. The van der Waals surface area contributed by atoms with Gasteiger partial charge in [0.15, 0.2) is 4.80 Å². The van der Waals surface area contributed by atoms with Crippen LogP contribution in [-0.4, -0.2) is 21.6 Å². The van der Waals surface area contributed by atoms with E-state index in [1.807, 2.05) is 30.3 Å². The van der Waals surface area contributed by atoms with Gasteiger partial charge in [-0.1, -0.05) is 41.7 Å². The number of hydrogen-bond acceptors (Lipinski definition) is 7. The molecule has 0 saturated heterocycles. The molecular formula is C24H21N3O5S. The van der Waals surface area contributed by atoms with E-state index < -0.39 is 16.9 Å². The first-order chi connectivity index (χ1) is 15.8. The molecule has 0 saturated carbocycles. The van der Waals surface area contributed by atoms with E-state index in [0.29, 0.717) is 26.2 Å². The quantitative estimate of drug-likeness (QED) is 0.329. The van der Waals surface area contributed by atoms with Gasteiger partial charge >= 0.3 is 5.97 Å². The summed E-state index contributed by atoms with van der Waals surface area (Å²) in [5.74, 6) is -0.509. The van der Waals surface area contributed by atoms with Crippen molar-refractivity contribution in [1.82, 2.24) is 4.57 Å². The minimum atomic E-state index is -0.673. The number of carbonyl (C=O) groups is 1. The Hall–Kier alpha value is -3.85. The van der Waals surface area contributed by atoms with Crippen LogP contribution in [0.2, 0.25) is 0 Å². The molecule has 0 N–H and O–H groups in total. The van der Waals surface area contributed by atoms with Crippen LogP contribution in [0.1, 0.15) is 37.9 Å². The molecule has 8 nitrogen and oxygen atoms in total. The van der Waals surface area contributed by atoms with Crippen molar-refractivity contribution in [3.8, 4) is 0 Å². The molecule has 0 amide bonds. The molecule has 1 aliphatic heterocycles. The number of nitro benzene ring substituents is 1. The van der Waals surface area contributed by atoms with E-state index in [-0.39, 0.29) is 17.4 Å². The second-order valence-electron chi connectivity index (χ2n) is 7.80. The highest BCUT2D eigenvalue weighted by molar-refractivity contribution is 7.07. The van der Waals surface area contributed by atoms with Crippen molar-refractivity contribution in [3.63, 3.8) is 0 Å². The van der Waals surface area contributed by atoms with Crippen LogP contribution in [0.4, 0.5) is 5.69 Å². The zero-order valence-electron chi connectivity index (χ0n) is 18.2. The molecule has 9 heteroatoms. The van der Waals surface area contributed by atoms with Crippen LogP contribution in [0.5, 0.6) is 0 Å². The van der Waals surface area contributed by atoms with Gasteiger partial charge in [0.25, 0.3) is 11.2 Å². The van der Waals surface area contributed by atoms with Gasteiger partial charge in [0.2, 0.25) is 0 Å². The van der Waals surface area contributed by atoms with Gasteiger partial charge in [-0.05, 0) is 50.1 Å². The maximum Gasteiger partial charge on any atom is 0.338 e. The van der Waals surface area contributed by atoms with E-state index in [9.17, 15) is 19.7 Å². The number of rotatable bonds is 5. The van der Waals surface area contributed by atoms with Crippen molar-refractivity contribution in [2.75, 3.05) is 0 Å². The predicted molar refractivity (Wildman–Crippen MR) is 125 cm³/mol. The van der Waals surface area contributed by atoms with Crippen molar-refractivity contribution >= 4 is 29.1 Å². The Morgan fingerprint density at radius 2 is 1.85 bits per heavy atom. The third-order valence-electron chi connectivity index (χ3n) is 5.10. The van der Waals surface area contributed by atoms with E-state index in [1.165, 1.54) is 28.0 Å². The normalized spacial score (nSPS) is 15.9. The number of ether oxygens (including phenoxy) is 1. The van der Waals surface area contributed by atoms with Crippen LogP contribution >= 0.6 is 11.3 Å². The van der Waals surface area contributed by atoms with Crippen molar-refractivity contribution in [2.45, 2.75) is 32.9 Å². The van der Waals surface area contributed by atoms with Crippen LogP contribution in [0, 0.1) is 10.1 Å².